The summed E-state index contributed by atoms with van der Waals surface area (Å²) in [7, 11) is 0. The summed E-state index contributed by atoms with van der Waals surface area (Å²) in [4.78, 5) is 48.4. The van der Waals surface area contributed by atoms with Crippen LogP contribution in [0.5, 0.6) is 0 Å². The van der Waals surface area contributed by atoms with E-state index in [-0.39, 0.29) is 0 Å². The van der Waals surface area contributed by atoms with E-state index in [2.05, 4.69) is 264 Å². The van der Waals surface area contributed by atoms with Crippen molar-refractivity contribution in [2.75, 3.05) is 0 Å². The van der Waals surface area contributed by atoms with Gasteiger partial charge in [0.25, 0.3) is 0 Å². The third kappa shape index (κ3) is 10.7. The van der Waals surface area contributed by atoms with Crippen molar-refractivity contribution in [3.05, 3.63) is 328 Å². The van der Waals surface area contributed by atoms with E-state index < -0.39 is 0 Å². The summed E-state index contributed by atoms with van der Waals surface area (Å²) in [6.07, 6.45) is 9.31. The van der Waals surface area contributed by atoms with Crippen LogP contribution in [0, 0.1) is 0 Å². The third-order valence-electron chi connectivity index (χ3n) is 19.1. The Morgan fingerprint density at radius 2 is 0.540 bits per heavy atom. The van der Waals surface area contributed by atoms with E-state index in [0.29, 0.717) is 0 Å². The highest BCUT2D eigenvalue weighted by Crippen LogP contribution is 2.37. The van der Waals surface area contributed by atoms with Gasteiger partial charge in [0, 0.05) is 102 Å². The van der Waals surface area contributed by atoms with Gasteiger partial charge in [0.2, 0.25) is 0 Å². The van der Waals surface area contributed by atoms with E-state index in [1.165, 1.54) is 0 Å². The summed E-state index contributed by atoms with van der Waals surface area (Å²) in [5.74, 6) is 0. The van der Waals surface area contributed by atoms with Gasteiger partial charge in [-0.05, 0) is 147 Å². The van der Waals surface area contributed by atoms with Crippen molar-refractivity contribution in [2.45, 2.75) is 0 Å². The number of aromatic nitrogens is 10. The van der Waals surface area contributed by atoms with E-state index in [1.54, 1.807) is 0 Å². The van der Waals surface area contributed by atoms with Crippen LogP contribution in [0.3, 0.4) is 0 Å². The van der Waals surface area contributed by atoms with Gasteiger partial charge in [-0.3, -0.25) is 24.9 Å². The highest BCUT2D eigenvalue weighted by molar-refractivity contribution is 6.10. The molecule has 0 fully saturated rings. The molecule has 10 heterocycles. The van der Waals surface area contributed by atoms with Crippen molar-refractivity contribution in [3.63, 3.8) is 0 Å². The molecule has 10 heteroatoms. The molecular weight excluding hydrogens is 1220 g/mol. The van der Waals surface area contributed by atoms with Gasteiger partial charge in [-0.1, -0.05) is 194 Å². The first-order chi connectivity index (χ1) is 49.4. The summed E-state index contributed by atoms with van der Waals surface area (Å²) in [5.41, 5.74) is 23.7. The molecule has 0 aliphatic carbocycles. The molecule has 0 spiro atoms. The molecule has 10 aromatic heterocycles. The summed E-state index contributed by atoms with van der Waals surface area (Å²) in [6, 6.07) is 103. The number of fused-ring (bicyclic) bond motifs is 12. The minimum Gasteiger partial charge on any atom is -0.254 e. The minimum atomic E-state index is 0.864. The zero-order chi connectivity index (χ0) is 66.0. The van der Waals surface area contributed by atoms with Gasteiger partial charge in [-0.25, -0.2) is 24.9 Å². The summed E-state index contributed by atoms with van der Waals surface area (Å²) in [6.45, 7) is 0. The van der Waals surface area contributed by atoms with Gasteiger partial charge in [0.1, 0.15) is 0 Å². The highest BCUT2D eigenvalue weighted by atomic mass is 14.8. The Morgan fingerprint density at radius 3 is 1.09 bits per heavy atom. The monoisotopic (exact) mass is 1270 g/mol. The third-order valence-corrected chi connectivity index (χ3v) is 19.1. The van der Waals surface area contributed by atoms with Crippen LogP contribution in [-0.2, 0) is 0 Å². The van der Waals surface area contributed by atoms with E-state index in [4.69, 9.17) is 34.9 Å². The molecule has 0 bridgehead atoms. The maximum Gasteiger partial charge on any atom is 0.0972 e. The maximum absolute atomic E-state index is 5.05. The predicted octanol–water partition coefficient (Wildman–Crippen LogP) is 22.2. The zero-order valence-corrected chi connectivity index (χ0v) is 53.6. The normalized spacial score (nSPS) is 11.6. The largest absolute Gasteiger partial charge is 0.254 e. The number of hydrogen-bond acceptors (Lipinski definition) is 10. The van der Waals surface area contributed by atoms with Crippen molar-refractivity contribution in [3.8, 4) is 89.9 Å². The Balaban J connectivity index is 0.000000139. The standard InChI is InChI=1S/2C45H27N5/c1-2-6-36-27-48-43(26-31(36)5-1)41-20-15-30-13-14-33(25-42(30)50-41)32-16-18-40-34(23-32)17-19-39(49-40)29-11-9-28(10-12-29)38-24-35-7-3-21-46-44(35)45-37(38)8-4-22-47-45;1-2-5-37-27-47-43(26-33(37)4-1)41-22-15-30-11-14-35(25-42(30)49-41)34-17-20-40-36(24-34)18-21-38(48-40)28-7-9-29(10-8-28)39-19-16-32-13-12-31-6-3-23-46-44(31)45(32)50-39/h2*1-27H. The predicted molar refractivity (Wildman–Crippen MR) is 409 cm³/mol. The lowest BCUT2D eigenvalue weighted by atomic mass is 9.96. The first-order valence-electron chi connectivity index (χ1n) is 33.3. The number of pyridine rings is 10. The lowest BCUT2D eigenvalue weighted by Crippen LogP contribution is -1.90. The molecule has 10 aromatic carbocycles. The van der Waals surface area contributed by atoms with Crippen molar-refractivity contribution in [1.82, 2.24) is 49.8 Å². The zero-order valence-electron chi connectivity index (χ0n) is 53.6. The number of hydrogen-bond donors (Lipinski definition) is 0. The highest BCUT2D eigenvalue weighted by Gasteiger charge is 2.15. The van der Waals surface area contributed by atoms with Gasteiger partial charge in [-0.2, -0.15) is 0 Å². The molecule has 0 radical (unpaired) electrons. The molecule has 0 saturated heterocycles. The fourth-order valence-corrected chi connectivity index (χ4v) is 13.8. The van der Waals surface area contributed by atoms with Crippen molar-refractivity contribution >= 4 is 109 Å². The topological polar surface area (TPSA) is 129 Å². The molecule has 464 valence electrons. The average Bonchev–Trinajstić information content (AvgIpc) is 0.835. The van der Waals surface area contributed by atoms with Crippen LogP contribution in [0.1, 0.15) is 0 Å². The second-order valence-electron chi connectivity index (χ2n) is 25.2. The van der Waals surface area contributed by atoms with Crippen LogP contribution < -0.4 is 0 Å². The second kappa shape index (κ2) is 24.2. The van der Waals surface area contributed by atoms with Gasteiger partial charge in [0.05, 0.1) is 84.0 Å². The molecule has 0 amide bonds. The second-order valence-corrected chi connectivity index (χ2v) is 25.2. The molecule has 0 saturated carbocycles. The Hall–Kier alpha value is -13.7. The average molecular weight is 1280 g/mol. The van der Waals surface area contributed by atoms with Crippen LogP contribution in [-0.4, -0.2) is 49.8 Å². The van der Waals surface area contributed by atoms with Crippen molar-refractivity contribution in [1.29, 1.82) is 0 Å². The van der Waals surface area contributed by atoms with Crippen LogP contribution in [0.2, 0.25) is 0 Å². The number of nitrogens with zero attached hydrogens (tertiary/aromatic N) is 10. The SMILES string of the molecule is c1ccc2cc(-c3ccc4ccc(-c5ccc6nc(-c7ccc(-c8cc9cccnc9c9ncccc89)cc7)ccc6c5)cc4n3)ncc2c1.c1ccc2cc(-c3ccc4ccc(-c5ccc6nc(-c7ccc(-c8ccc9ccc%10cccnc%10c9n8)cc7)ccc6c5)cc4n3)ncc2c1. The Labute approximate surface area is 573 Å². The van der Waals surface area contributed by atoms with Gasteiger partial charge in [-0.15, -0.1) is 0 Å². The van der Waals surface area contributed by atoms with Crippen molar-refractivity contribution < 1.29 is 0 Å². The molecular formula is C90H54N10. The van der Waals surface area contributed by atoms with Crippen molar-refractivity contribution in [2.24, 2.45) is 0 Å². The van der Waals surface area contributed by atoms with Gasteiger partial charge < -0.3 is 0 Å². The van der Waals surface area contributed by atoms with E-state index in [0.717, 1.165) is 199 Å². The van der Waals surface area contributed by atoms with Gasteiger partial charge in [0.15, 0.2) is 0 Å². The number of rotatable bonds is 8. The fourth-order valence-electron chi connectivity index (χ4n) is 13.8. The summed E-state index contributed by atoms with van der Waals surface area (Å²) < 4.78 is 0. The maximum atomic E-state index is 5.05. The van der Waals surface area contributed by atoms with Crippen LogP contribution in [0.15, 0.2) is 328 Å². The lowest BCUT2D eigenvalue weighted by molar-refractivity contribution is 1.29. The first-order valence-corrected chi connectivity index (χ1v) is 33.3. The molecule has 0 aliphatic rings. The fraction of sp³-hybridized carbons (Fsp3) is 0. The van der Waals surface area contributed by atoms with Crippen LogP contribution >= 0.6 is 0 Å². The molecule has 0 N–H and O–H groups in total. The smallest absolute Gasteiger partial charge is 0.0972 e. The van der Waals surface area contributed by atoms with Gasteiger partial charge >= 0.3 is 0 Å². The molecule has 0 unspecified atom stereocenters. The minimum absolute atomic E-state index is 0.864. The summed E-state index contributed by atoms with van der Waals surface area (Å²) >= 11 is 0. The molecule has 0 atom stereocenters. The lowest BCUT2D eigenvalue weighted by Gasteiger charge is -2.11. The van der Waals surface area contributed by atoms with E-state index in [1.807, 2.05) is 79.5 Å². The van der Waals surface area contributed by atoms with Crippen LogP contribution in [0.4, 0.5) is 0 Å². The Bertz CT molecular complexity index is 6660. The molecule has 10 nitrogen and oxygen atoms in total. The number of benzene rings is 10. The molecule has 20 aromatic rings. The van der Waals surface area contributed by atoms with Crippen LogP contribution in [0.25, 0.3) is 199 Å². The quantitative estimate of drug-likeness (QED) is 0.136. The van der Waals surface area contributed by atoms with E-state index >= 15 is 0 Å². The molecule has 20 rings (SSSR count). The van der Waals surface area contributed by atoms with E-state index in [9.17, 15) is 0 Å². The molecule has 100 heavy (non-hydrogen) atoms. The Morgan fingerprint density at radius 1 is 0.170 bits per heavy atom. The first kappa shape index (κ1) is 57.7. The summed E-state index contributed by atoms with van der Waals surface area (Å²) in [5, 5.41) is 13.3. The molecule has 0 aliphatic heterocycles. The Kier molecular flexibility index (Phi) is 14.0.